The second-order valence-corrected chi connectivity index (χ2v) is 3.43. The van der Waals surface area contributed by atoms with Crippen LogP contribution in [-0.2, 0) is 4.79 Å². The molecule has 0 radical (unpaired) electrons. The molecule has 0 saturated carbocycles. The number of hydrogen-bond acceptors (Lipinski definition) is 3. The number of likely N-dealkylation sites (tertiary alicyclic amines) is 1. The van der Waals surface area contributed by atoms with Crippen LogP contribution in [0.1, 0.15) is 41.0 Å². The van der Waals surface area contributed by atoms with Crippen LogP contribution in [0.25, 0.3) is 0 Å². The minimum absolute atomic E-state index is 0. The Morgan fingerprint density at radius 1 is 1.50 bits per heavy atom. The topological polar surface area (TPSA) is 32.3 Å². The SMILES string of the molecule is C.C.CNC1CCCN1CCC(C)=O. The van der Waals surface area contributed by atoms with E-state index in [1.54, 1.807) is 6.92 Å². The molecule has 1 aliphatic rings. The molecule has 0 aliphatic carbocycles. The number of nitrogens with one attached hydrogen (secondary N) is 1. The van der Waals surface area contributed by atoms with Gasteiger partial charge in [0.15, 0.2) is 0 Å². The molecule has 14 heavy (non-hydrogen) atoms. The van der Waals surface area contributed by atoms with E-state index >= 15 is 0 Å². The highest BCUT2D eigenvalue weighted by atomic mass is 16.1. The van der Waals surface area contributed by atoms with Crippen LogP contribution >= 0.6 is 0 Å². The summed E-state index contributed by atoms with van der Waals surface area (Å²) >= 11 is 0. The van der Waals surface area contributed by atoms with Crippen LogP contribution in [0.5, 0.6) is 0 Å². The first-order valence-electron chi connectivity index (χ1n) is 4.65. The number of carbonyl (C=O) groups excluding carboxylic acids is 1. The predicted molar refractivity (Wildman–Crippen MR) is 62.4 cm³/mol. The Kier molecular flexibility index (Phi) is 9.10. The normalized spacial score (nSPS) is 21.1. The number of nitrogens with zero attached hydrogens (tertiary/aromatic N) is 1. The molecule has 1 rings (SSSR count). The van der Waals surface area contributed by atoms with E-state index in [1.807, 2.05) is 7.05 Å². The first-order valence-corrected chi connectivity index (χ1v) is 4.65. The van der Waals surface area contributed by atoms with Gasteiger partial charge in [-0.05, 0) is 33.4 Å². The summed E-state index contributed by atoms with van der Waals surface area (Å²) in [5.74, 6) is 0.289. The zero-order valence-corrected chi connectivity index (χ0v) is 7.97. The molecule has 1 unspecified atom stereocenters. The molecule has 1 aliphatic heterocycles. The van der Waals surface area contributed by atoms with Crippen LogP contribution < -0.4 is 5.32 Å². The number of rotatable bonds is 4. The van der Waals surface area contributed by atoms with E-state index in [0.29, 0.717) is 12.6 Å². The van der Waals surface area contributed by atoms with E-state index in [4.69, 9.17) is 0 Å². The molecule has 0 amide bonds. The Morgan fingerprint density at radius 2 is 2.14 bits per heavy atom. The Hall–Kier alpha value is -0.410. The lowest BCUT2D eigenvalue weighted by molar-refractivity contribution is -0.117. The molecule has 1 heterocycles. The maximum atomic E-state index is 10.7. The fraction of sp³-hybridized carbons (Fsp3) is 0.909. The fourth-order valence-corrected chi connectivity index (χ4v) is 1.72. The van der Waals surface area contributed by atoms with Crippen LogP contribution in [0.15, 0.2) is 0 Å². The smallest absolute Gasteiger partial charge is 0.131 e. The number of ketones is 1. The molecule has 3 heteroatoms. The van der Waals surface area contributed by atoms with Gasteiger partial charge < -0.3 is 5.32 Å². The molecule has 86 valence electrons. The lowest BCUT2D eigenvalue weighted by atomic mass is 10.3. The Bertz CT molecular complexity index is 159. The zero-order chi connectivity index (χ0) is 8.97. The maximum absolute atomic E-state index is 10.7. The van der Waals surface area contributed by atoms with Crippen LogP contribution in [0.2, 0.25) is 0 Å². The Labute approximate surface area is 88.9 Å². The molecule has 0 aromatic rings. The average molecular weight is 202 g/mol. The lowest BCUT2D eigenvalue weighted by Crippen LogP contribution is -2.39. The van der Waals surface area contributed by atoms with Gasteiger partial charge in [0.2, 0.25) is 0 Å². The van der Waals surface area contributed by atoms with Crippen molar-refractivity contribution in [2.24, 2.45) is 0 Å². The second kappa shape index (κ2) is 7.94. The molecule has 1 fully saturated rings. The van der Waals surface area contributed by atoms with Gasteiger partial charge in [0.05, 0.1) is 6.17 Å². The van der Waals surface area contributed by atoms with Crippen molar-refractivity contribution in [3.63, 3.8) is 0 Å². The van der Waals surface area contributed by atoms with Crippen molar-refractivity contribution in [3.8, 4) is 0 Å². The summed E-state index contributed by atoms with van der Waals surface area (Å²) in [5, 5.41) is 3.25. The standard InChI is InChI=1S/C9H18N2O.2CH4/c1-8(12)5-7-11-6-3-4-9(11)10-2;;/h9-10H,3-7H2,1-2H3;2*1H4. The molecule has 3 nitrogen and oxygen atoms in total. The molecule has 1 atom stereocenters. The first kappa shape index (κ1) is 16.0. The van der Waals surface area contributed by atoms with Crippen molar-refractivity contribution in [2.45, 2.75) is 47.2 Å². The zero-order valence-electron chi connectivity index (χ0n) is 7.97. The van der Waals surface area contributed by atoms with Gasteiger partial charge in [0.1, 0.15) is 5.78 Å². The third-order valence-electron chi connectivity index (χ3n) is 2.45. The van der Waals surface area contributed by atoms with E-state index in [0.717, 1.165) is 13.1 Å². The fourth-order valence-electron chi connectivity index (χ4n) is 1.72. The highest BCUT2D eigenvalue weighted by Gasteiger charge is 2.22. The monoisotopic (exact) mass is 202 g/mol. The van der Waals surface area contributed by atoms with Crippen molar-refractivity contribution >= 4 is 5.78 Å². The number of hydrogen-bond donors (Lipinski definition) is 1. The van der Waals surface area contributed by atoms with Crippen LogP contribution in [0.4, 0.5) is 0 Å². The van der Waals surface area contributed by atoms with E-state index in [1.165, 1.54) is 12.8 Å². The van der Waals surface area contributed by atoms with Gasteiger partial charge in [-0.3, -0.25) is 9.69 Å². The van der Waals surface area contributed by atoms with Crippen molar-refractivity contribution in [1.82, 2.24) is 10.2 Å². The highest BCUT2D eigenvalue weighted by molar-refractivity contribution is 5.75. The van der Waals surface area contributed by atoms with Gasteiger partial charge in [-0.15, -0.1) is 0 Å². The first-order chi connectivity index (χ1) is 5.74. The number of Topliss-reactive ketones (excluding diaryl/α,β-unsaturated/α-hetero) is 1. The second-order valence-electron chi connectivity index (χ2n) is 3.43. The molecule has 0 spiro atoms. The third kappa shape index (κ3) is 4.72. The minimum Gasteiger partial charge on any atom is -0.305 e. The lowest BCUT2D eigenvalue weighted by Gasteiger charge is -2.22. The van der Waals surface area contributed by atoms with Crippen LogP contribution in [0.3, 0.4) is 0 Å². The number of carbonyl (C=O) groups is 1. The van der Waals surface area contributed by atoms with Crippen molar-refractivity contribution in [1.29, 1.82) is 0 Å². The average Bonchev–Trinajstić information content (AvgIpc) is 2.47. The largest absolute Gasteiger partial charge is 0.305 e. The van der Waals surface area contributed by atoms with E-state index in [2.05, 4.69) is 10.2 Å². The minimum atomic E-state index is 0. The summed E-state index contributed by atoms with van der Waals surface area (Å²) < 4.78 is 0. The van der Waals surface area contributed by atoms with Crippen LogP contribution in [0, 0.1) is 0 Å². The molecule has 0 aromatic heterocycles. The summed E-state index contributed by atoms with van der Waals surface area (Å²) in [6.07, 6.45) is 3.67. The molecular formula is C11H26N2O. The van der Waals surface area contributed by atoms with Gasteiger partial charge in [0.25, 0.3) is 0 Å². The molecule has 1 saturated heterocycles. The summed E-state index contributed by atoms with van der Waals surface area (Å²) in [5.41, 5.74) is 0. The highest BCUT2D eigenvalue weighted by Crippen LogP contribution is 2.14. The van der Waals surface area contributed by atoms with E-state index in [9.17, 15) is 4.79 Å². The summed E-state index contributed by atoms with van der Waals surface area (Å²) in [6.45, 7) is 3.71. The van der Waals surface area contributed by atoms with Crippen LogP contribution in [-0.4, -0.2) is 37.0 Å². The van der Waals surface area contributed by atoms with Crippen molar-refractivity contribution < 1.29 is 4.79 Å². The van der Waals surface area contributed by atoms with Gasteiger partial charge >= 0.3 is 0 Å². The van der Waals surface area contributed by atoms with Crippen molar-refractivity contribution in [3.05, 3.63) is 0 Å². The summed E-state index contributed by atoms with van der Waals surface area (Å²) in [7, 11) is 1.98. The van der Waals surface area contributed by atoms with E-state index < -0.39 is 0 Å². The summed E-state index contributed by atoms with van der Waals surface area (Å²) in [6, 6.07) is 0. The molecule has 1 N–H and O–H groups in total. The van der Waals surface area contributed by atoms with Gasteiger partial charge in [-0.2, -0.15) is 0 Å². The Balaban J connectivity index is 0. The van der Waals surface area contributed by atoms with Gasteiger partial charge in [-0.1, -0.05) is 14.9 Å². The predicted octanol–water partition coefficient (Wildman–Crippen LogP) is 1.88. The van der Waals surface area contributed by atoms with E-state index in [-0.39, 0.29) is 20.6 Å². The molecular weight excluding hydrogens is 176 g/mol. The summed E-state index contributed by atoms with van der Waals surface area (Å²) in [4.78, 5) is 13.1. The molecule has 0 aromatic carbocycles. The molecule has 0 bridgehead atoms. The van der Waals surface area contributed by atoms with Gasteiger partial charge in [-0.25, -0.2) is 0 Å². The Morgan fingerprint density at radius 3 is 2.64 bits per heavy atom. The van der Waals surface area contributed by atoms with Crippen molar-refractivity contribution in [2.75, 3.05) is 20.1 Å². The third-order valence-corrected chi connectivity index (χ3v) is 2.45. The maximum Gasteiger partial charge on any atom is 0.131 e. The quantitative estimate of drug-likeness (QED) is 0.755. The van der Waals surface area contributed by atoms with Gasteiger partial charge in [0, 0.05) is 13.0 Å².